The van der Waals surface area contributed by atoms with Gasteiger partial charge in [0.2, 0.25) is 0 Å². The maximum Gasteiger partial charge on any atom is 0.129 e. The summed E-state index contributed by atoms with van der Waals surface area (Å²) in [6, 6.07) is 0. The van der Waals surface area contributed by atoms with Crippen molar-refractivity contribution in [1.82, 2.24) is 0 Å². The van der Waals surface area contributed by atoms with E-state index in [0.717, 1.165) is 11.8 Å². The lowest BCUT2D eigenvalue weighted by atomic mass is 10.5. The van der Waals surface area contributed by atoms with Crippen molar-refractivity contribution in [3.8, 4) is 0 Å². The first-order chi connectivity index (χ1) is 3.29. The fourth-order valence-electron chi connectivity index (χ4n) is 0.441. The number of nitrogens with zero attached hydrogens (tertiary/aromatic N) is 1. The Morgan fingerprint density at radius 3 is 2.86 bits per heavy atom. The minimum absolute atomic E-state index is 0.729. The van der Waals surface area contributed by atoms with E-state index in [1.165, 1.54) is 3.05 Å². The van der Waals surface area contributed by atoms with Gasteiger partial charge in [-0.15, -0.1) is 0 Å². The molecule has 0 radical (unpaired) electrons. The van der Waals surface area contributed by atoms with Crippen molar-refractivity contribution in [2.24, 2.45) is 4.99 Å². The maximum atomic E-state index is 4.18. The van der Waals surface area contributed by atoms with E-state index in [0.29, 0.717) is 0 Å². The molecule has 0 saturated carbocycles. The summed E-state index contributed by atoms with van der Waals surface area (Å²) in [7, 11) is 0. The maximum absolute atomic E-state index is 4.18. The van der Waals surface area contributed by atoms with Crippen LogP contribution in [0.4, 0.5) is 0 Å². The van der Waals surface area contributed by atoms with Crippen LogP contribution in [0.5, 0.6) is 0 Å². The zero-order valence-electron chi connectivity index (χ0n) is 4.02. The van der Waals surface area contributed by atoms with Gasteiger partial charge in [-0.1, -0.05) is 18.7 Å². The van der Waals surface area contributed by atoms with Crippen LogP contribution in [-0.2, 0) is 0 Å². The van der Waals surface area contributed by atoms with E-state index in [4.69, 9.17) is 0 Å². The molecule has 3 heteroatoms. The van der Waals surface area contributed by atoms with Gasteiger partial charge in [-0.05, 0) is 22.6 Å². The number of thioether (sulfide) groups is 1. The molecule has 0 aromatic rings. The van der Waals surface area contributed by atoms with Crippen molar-refractivity contribution in [3.63, 3.8) is 0 Å². The van der Waals surface area contributed by atoms with E-state index in [9.17, 15) is 0 Å². The first kappa shape index (κ1) is 5.88. The van der Waals surface area contributed by atoms with Crippen molar-refractivity contribution < 1.29 is 0 Å². The summed E-state index contributed by atoms with van der Waals surface area (Å²) in [6.45, 7) is 3.21. The molecular weight excluding hydrogens is 221 g/mol. The summed E-state index contributed by atoms with van der Waals surface area (Å²) >= 11 is 4.12. The monoisotopic (exact) mass is 227 g/mol. The van der Waals surface area contributed by atoms with Crippen LogP contribution in [0.1, 0.15) is 6.92 Å². The quantitative estimate of drug-likeness (QED) is 0.576. The Balaban J connectivity index is 2.42. The SMILES string of the molecule is CC1CN=C(I)S1. The predicted octanol–water partition coefficient (Wildman–Crippen LogP) is 1.91. The van der Waals surface area contributed by atoms with Gasteiger partial charge in [-0.3, -0.25) is 4.99 Å². The van der Waals surface area contributed by atoms with Gasteiger partial charge < -0.3 is 0 Å². The summed E-state index contributed by atoms with van der Waals surface area (Å²) in [4.78, 5) is 4.18. The molecule has 0 amide bonds. The zero-order chi connectivity index (χ0) is 5.28. The Bertz CT molecular complexity index is 102. The Morgan fingerprint density at radius 2 is 2.71 bits per heavy atom. The molecule has 1 nitrogen and oxygen atoms in total. The van der Waals surface area contributed by atoms with Gasteiger partial charge in [0.25, 0.3) is 0 Å². The lowest BCUT2D eigenvalue weighted by molar-refractivity contribution is 0.978. The highest BCUT2D eigenvalue weighted by molar-refractivity contribution is 14.1. The molecule has 1 rings (SSSR count). The van der Waals surface area contributed by atoms with Crippen molar-refractivity contribution in [2.75, 3.05) is 6.54 Å². The van der Waals surface area contributed by atoms with Crippen LogP contribution in [0.15, 0.2) is 4.99 Å². The summed E-state index contributed by atoms with van der Waals surface area (Å²) in [5.74, 6) is 0. The minimum atomic E-state index is 0.729. The summed E-state index contributed by atoms with van der Waals surface area (Å²) in [6.07, 6.45) is 0. The Labute approximate surface area is 61.1 Å². The molecule has 1 unspecified atom stereocenters. The van der Waals surface area contributed by atoms with E-state index in [2.05, 4.69) is 34.5 Å². The molecule has 1 atom stereocenters. The number of hydrogen-bond acceptors (Lipinski definition) is 2. The second kappa shape index (κ2) is 2.35. The van der Waals surface area contributed by atoms with Crippen LogP contribution in [0, 0.1) is 0 Å². The predicted molar refractivity (Wildman–Crippen MR) is 43.4 cm³/mol. The van der Waals surface area contributed by atoms with Gasteiger partial charge in [0.1, 0.15) is 3.05 Å². The Morgan fingerprint density at radius 1 is 2.00 bits per heavy atom. The third-order valence-corrected chi connectivity index (χ3v) is 2.75. The minimum Gasteiger partial charge on any atom is -0.271 e. The highest BCUT2D eigenvalue weighted by atomic mass is 127. The van der Waals surface area contributed by atoms with Crippen LogP contribution < -0.4 is 0 Å². The average molecular weight is 227 g/mol. The molecule has 40 valence electrons. The summed E-state index contributed by atoms with van der Waals surface area (Å²) in [5.41, 5.74) is 0. The third-order valence-electron chi connectivity index (χ3n) is 0.771. The average Bonchev–Trinajstić information content (AvgIpc) is 1.87. The molecule has 1 aliphatic heterocycles. The van der Waals surface area contributed by atoms with E-state index in [-0.39, 0.29) is 0 Å². The fraction of sp³-hybridized carbons (Fsp3) is 0.750. The van der Waals surface area contributed by atoms with Crippen molar-refractivity contribution in [2.45, 2.75) is 12.2 Å². The van der Waals surface area contributed by atoms with Crippen LogP contribution in [0.2, 0.25) is 0 Å². The lowest BCUT2D eigenvalue weighted by Crippen LogP contribution is -1.91. The van der Waals surface area contributed by atoms with E-state index in [1.54, 1.807) is 0 Å². The lowest BCUT2D eigenvalue weighted by Gasteiger charge is -1.91. The van der Waals surface area contributed by atoms with E-state index >= 15 is 0 Å². The second-order valence-corrected chi connectivity index (χ2v) is 4.70. The molecule has 0 spiro atoms. The zero-order valence-corrected chi connectivity index (χ0v) is 6.99. The smallest absolute Gasteiger partial charge is 0.129 e. The van der Waals surface area contributed by atoms with E-state index in [1.807, 2.05) is 11.8 Å². The van der Waals surface area contributed by atoms with Crippen molar-refractivity contribution >= 4 is 37.4 Å². The van der Waals surface area contributed by atoms with Gasteiger partial charge >= 0.3 is 0 Å². The number of aliphatic imine (C=N–C) groups is 1. The number of hydrogen-bond donors (Lipinski definition) is 0. The number of halogens is 1. The Hall–Kier alpha value is 0.750. The van der Waals surface area contributed by atoms with Crippen molar-refractivity contribution in [1.29, 1.82) is 0 Å². The van der Waals surface area contributed by atoms with Crippen molar-refractivity contribution in [3.05, 3.63) is 0 Å². The first-order valence-corrected chi connectivity index (χ1v) is 4.11. The van der Waals surface area contributed by atoms with Gasteiger partial charge in [0, 0.05) is 5.25 Å². The largest absolute Gasteiger partial charge is 0.271 e. The normalized spacial score (nSPS) is 30.6. The summed E-state index contributed by atoms with van der Waals surface area (Å²) in [5, 5.41) is 0.729. The van der Waals surface area contributed by atoms with Gasteiger partial charge in [0.05, 0.1) is 6.54 Å². The third kappa shape index (κ3) is 1.60. The first-order valence-electron chi connectivity index (χ1n) is 2.15. The highest BCUT2D eigenvalue weighted by Gasteiger charge is 2.10. The molecule has 1 aliphatic rings. The molecule has 0 bridgehead atoms. The van der Waals surface area contributed by atoms with E-state index < -0.39 is 0 Å². The molecule has 0 aromatic carbocycles. The van der Waals surface area contributed by atoms with Crippen LogP contribution >= 0.6 is 34.4 Å². The molecule has 1 heterocycles. The molecule has 0 N–H and O–H groups in total. The Kier molecular flexibility index (Phi) is 1.97. The molecule has 0 fully saturated rings. The number of rotatable bonds is 0. The molecule has 0 aromatic heterocycles. The van der Waals surface area contributed by atoms with Crippen LogP contribution in [-0.4, -0.2) is 14.8 Å². The second-order valence-electron chi connectivity index (χ2n) is 1.52. The molecule has 7 heavy (non-hydrogen) atoms. The molecule has 0 saturated heterocycles. The van der Waals surface area contributed by atoms with Crippen LogP contribution in [0.25, 0.3) is 0 Å². The fourth-order valence-corrected chi connectivity index (χ4v) is 2.57. The summed E-state index contributed by atoms with van der Waals surface area (Å²) < 4.78 is 1.21. The van der Waals surface area contributed by atoms with Gasteiger partial charge in [-0.25, -0.2) is 0 Å². The van der Waals surface area contributed by atoms with Gasteiger partial charge in [-0.2, -0.15) is 0 Å². The standard InChI is InChI=1S/C4H6INS/c1-3-2-6-4(5)7-3/h3H,2H2,1H3. The van der Waals surface area contributed by atoms with Crippen LogP contribution in [0.3, 0.4) is 0 Å². The van der Waals surface area contributed by atoms with Gasteiger partial charge in [0.15, 0.2) is 0 Å². The topological polar surface area (TPSA) is 12.4 Å². The molecular formula is C4H6INS. The highest BCUT2D eigenvalue weighted by Crippen LogP contribution is 2.23. The molecule has 0 aliphatic carbocycles.